The molecule has 2 aliphatic rings. The van der Waals surface area contributed by atoms with E-state index in [-0.39, 0.29) is 0 Å². The van der Waals surface area contributed by atoms with Gasteiger partial charge in [-0.1, -0.05) is 39.8 Å². The topological polar surface area (TPSA) is 3.24 Å². The monoisotopic (exact) mass is 247 g/mol. The molecule has 2 unspecified atom stereocenters. The number of hydrogen-bond donors (Lipinski definition) is 0. The Morgan fingerprint density at radius 1 is 1.44 bits per heavy atom. The molecule has 1 aliphatic heterocycles. The fourth-order valence-corrected chi connectivity index (χ4v) is 4.40. The van der Waals surface area contributed by atoms with E-state index in [1.54, 1.807) is 11.1 Å². The average molecular weight is 247 g/mol. The Morgan fingerprint density at radius 2 is 2.17 bits per heavy atom. The second-order valence-electron chi connectivity index (χ2n) is 6.85. The Balaban J connectivity index is 2.39. The predicted octanol–water partition coefficient (Wildman–Crippen LogP) is 4.76. The zero-order chi connectivity index (χ0) is 13.3. The van der Waals surface area contributed by atoms with E-state index >= 15 is 0 Å². The standard InChI is InChI=1S/C17H29N/c1-6-14-11-13(3)12-17(4,5)16(14)15-9-8-10-18(15)7-2/h7,13,15H,2,6,8-12H2,1,3-5H3. The third kappa shape index (κ3) is 2.37. The molecule has 0 radical (unpaired) electrons. The van der Waals surface area contributed by atoms with Crippen molar-refractivity contribution in [1.29, 1.82) is 0 Å². The minimum Gasteiger partial charge on any atom is -0.371 e. The molecule has 0 spiro atoms. The zero-order valence-electron chi connectivity index (χ0n) is 12.6. The average Bonchev–Trinajstić information content (AvgIpc) is 2.74. The van der Waals surface area contributed by atoms with Gasteiger partial charge in [0, 0.05) is 6.54 Å². The Labute approximate surface area is 113 Å². The number of likely N-dealkylation sites (tertiary alicyclic amines) is 1. The molecule has 1 heteroatoms. The maximum atomic E-state index is 4.00. The van der Waals surface area contributed by atoms with Gasteiger partial charge in [-0.25, -0.2) is 0 Å². The van der Waals surface area contributed by atoms with Gasteiger partial charge in [-0.3, -0.25) is 0 Å². The highest BCUT2D eigenvalue weighted by atomic mass is 15.2. The first-order valence-electron chi connectivity index (χ1n) is 7.60. The van der Waals surface area contributed by atoms with E-state index in [0.717, 1.165) is 5.92 Å². The van der Waals surface area contributed by atoms with Crippen molar-refractivity contribution in [2.24, 2.45) is 11.3 Å². The van der Waals surface area contributed by atoms with Crippen LogP contribution in [-0.4, -0.2) is 17.5 Å². The van der Waals surface area contributed by atoms with Crippen molar-refractivity contribution in [1.82, 2.24) is 4.90 Å². The van der Waals surface area contributed by atoms with Crippen molar-refractivity contribution in [2.45, 2.75) is 65.8 Å². The molecule has 0 bridgehead atoms. The second kappa shape index (κ2) is 5.11. The molecule has 1 nitrogen and oxygen atoms in total. The van der Waals surface area contributed by atoms with Crippen LogP contribution in [0, 0.1) is 11.3 Å². The fourth-order valence-electron chi connectivity index (χ4n) is 4.40. The van der Waals surface area contributed by atoms with Gasteiger partial charge in [0.05, 0.1) is 6.04 Å². The second-order valence-corrected chi connectivity index (χ2v) is 6.85. The van der Waals surface area contributed by atoms with E-state index in [4.69, 9.17) is 0 Å². The van der Waals surface area contributed by atoms with Crippen molar-refractivity contribution >= 4 is 0 Å². The summed E-state index contributed by atoms with van der Waals surface area (Å²) in [5.41, 5.74) is 3.86. The molecule has 1 fully saturated rings. The molecule has 18 heavy (non-hydrogen) atoms. The fraction of sp³-hybridized carbons (Fsp3) is 0.765. The van der Waals surface area contributed by atoms with Gasteiger partial charge < -0.3 is 4.90 Å². The molecule has 2 rings (SSSR count). The molecule has 0 aromatic heterocycles. The molecule has 102 valence electrons. The quantitative estimate of drug-likeness (QED) is 0.650. The maximum Gasteiger partial charge on any atom is 0.0505 e. The van der Waals surface area contributed by atoms with Crippen LogP contribution in [0.1, 0.15) is 59.8 Å². The van der Waals surface area contributed by atoms with Gasteiger partial charge in [-0.2, -0.15) is 0 Å². The summed E-state index contributed by atoms with van der Waals surface area (Å²) in [7, 11) is 0. The van der Waals surface area contributed by atoms with Crippen molar-refractivity contribution in [2.75, 3.05) is 6.54 Å². The van der Waals surface area contributed by atoms with Gasteiger partial charge in [-0.05, 0) is 55.2 Å². The molecular formula is C17H29N. The van der Waals surface area contributed by atoms with Gasteiger partial charge in [0.15, 0.2) is 0 Å². The van der Waals surface area contributed by atoms with Crippen molar-refractivity contribution < 1.29 is 0 Å². The Morgan fingerprint density at radius 3 is 2.78 bits per heavy atom. The summed E-state index contributed by atoms with van der Waals surface area (Å²) < 4.78 is 0. The number of allylic oxidation sites excluding steroid dienone is 1. The molecule has 0 amide bonds. The molecule has 1 aliphatic carbocycles. The van der Waals surface area contributed by atoms with E-state index in [9.17, 15) is 0 Å². The molecule has 2 atom stereocenters. The highest BCUT2D eigenvalue weighted by Crippen LogP contribution is 2.48. The Bertz CT molecular complexity index is 351. The van der Waals surface area contributed by atoms with E-state index < -0.39 is 0 Å². The third-order valence-corrected chi connectivity index (χ3v) is 4.85. The van der Waals surface area contributed by atoms with E-state index in [1.165, 1.54) is 38.6 Å². The highest BCUT2D eigenvalue weighted by Gasteiger charge is 2.39. The van der Waals surface area contributed by atoms with Gasteiger partial charge >= 0.3 is 0 Å². The van der Waals surface area contributed by atoms with E-state index in [1.807, 2.05) is 0 Å². The van der Waals surface area contributed by atoms with Crippen LogP contribution in [-0.2, 0) is 0 Å². The van der Waals surface area contributed by atoms with Gasteiger partial charge in [0.25, 0.3) is 0 Å². The lowest BCUT2D eigenvalue weighted by Crippen LogP contribution is -2.37. The SMILES string of the molecule is C=CN1CCCC1C1=C(CC)CC(C)CC1(C)C. The van der Waals surface area contributed by atoms with Crippen molar-refractivity contribution in [3.8, 4) is 0 Å². The zero-order valence-corrected chi connectivity index (χ0v) is 12.6. The van der Waals surface area contributed by atoms with Crippen LogP contribution in [0.5, 0.6) is 0 Å². The molecule has 1 heterocycles. The normalized spacial score (nSPS) is 31.9. The first-order valence-corrected chi connectivity index (χ1v) is 7.60. The van der Waals surface area contributed by atoms with E-state index in [0.29, 0.717) is 11.5 Å². The summed E-state index contributed by atoms with van der Waals surface area (Å²) in [5.74, 6) is 0.845. The first kappa shape index (κ1) is 13.7. The lowest BCUT2D eigenvalue weighted by molar-refractivity contribution is 0.246. The van der Waals surface area contributed by atoms with Crippen LogP contribution in [0.4, 0.5) is 0 Å². The Kier molecular flexibility index (Phi) is 3.89. The number of hydrogen-bond acceptors (Lipinski definition) is 1. The highest BCUT2D eigenvalue weighted by molar-refractivity contribution is 5.30. The van der Waals surface area contributed by atoms with Crippen LogP contribution in [0.2, 0.25) is 0 Å². The summed E-state index contributed by atoms with van der Waals surface area (Å²) in [5, 5.41) is 0. The van der Waals surface area contributed by atoms with Crippen molar-refractivity contribution in [3.63, 3.8) is 0 Å². The van der Waals surface area contributed by atoms with Crippen LogP contribution in [0.15, 0.2) is 23.9 Å². The third-order valence-electron chi connectivity index (χ3n) is 4.85. The van der Waals surface area contributed by atoms with Crippen LogP contribution >= 0.6 is 0 Å². The van der Waals surface area contributed by atoms with E-state index in [2.05, 4.69) is 45.4 Å². The maximum absolute atomic E-state index is 4.00. The molecule has 0 N–H and O–H groups in total. The smallest absolute Gasteiger partial charge is 0.0505 e. The number of rotatable bonds is 3. The summed E-state index contributed by atoms with van der Waals surface area (Å²) in [4.78, 5) is 2.47. The molecular weight excluding hydrogens is 218 g/mol. The van der Waals surface area contributed by atoms with Crippen LogP contribution in [0.25, 0.3) is 0 Å². The minimum atomic E-state index is 0.374. The molecule has 1 saturated heterocycles. The summed E-state index contributed by atoms with van der Waals surface area (Å²) >= 11 is 0. The minimum absolute atomic E-state index is 0.374. The summed E-state index contributed by atoms with van der Waals surface area (Å²) in [6.07, 6.45) is 8.59. The lowest BCUT2D eigenvalue weighted by Gasteiger charge is -2.43. The molecule has 0 aromatic rings. The molecule has 0 aromatic carbocycles. The largest absolute Gasteiger partial charge is 0.371 e. The van der Waals surface area contributed by atoms with Gasteiger partial charge in [0.1, 0.15) is 0 Å². The predicted molar refractivity (Wildman–Crippen MR) is 79.4 cm³/mol. The molecule has 0 saturated carbocycles. The first-order chi connectivity index (χ1) is 8.49. The summed E-state index contributed by atoms with van der Waals surface area (Å²) in [6, 6.07) is 0.639. The summed E-state index contributed by atoms with van der Waals surface area (Å²) in [6.45, 7) is 14.8. The Hall–Kier alpha value is -0.720. The van der Waals surface area contributed by atoms with Crippen LogP contribution in [0.3, 0.4) is 0 Å². The lowest BCUT2D eigenvalue weighted by atomic mass is 9.65. The van der Waals surface area contributed by atoms with Gasteiger partial charge in [-0.15, -0.1) is 0 Å². The van der Waals surface area contributed by atoms with Gasteiger partial charge in [0.2, 0.25) is 0 Å². The number of nitrogens with zero attached hydrogens (tertiary/aromatic N) is 1. The van der Waals surface area contributed by atoms with Crippen molar-refractivity contribution in [3.05, 3.63) is 23.9 Å². The van der Waals surface area contributed by atoms with Crippen LogP contribution < -0.4 is 0 Å².